The molecule has 2 aromatic rings. The van der Waals surface area contributed by atoms with Crippen LogP contribution in [0.25, 0.3) is 0 Å². The van der Waals surface area contributed by atoms with E-state index >= 15 is 0 Å². The first-order valence-corrected chi connectivity index (χ1v) is 7.19. The van der Waals surface area contributed by atoms with Crippen molar-refractivity contribution in [2.45, 2.75) is 11.1 Å². The lowest BCUT2D eigenvalue weighted by atomic mass is 10.3. The van der Waals surface area contributed by atoms with Crippen LogP contribution in [0.4, 0.5) is 15.8 Å². The van der Waals surface area contributed by atoms with E-state index in [0.29, 0.717) is 5.01 Å². The number of nitrogens with one attached hydrogen (secondary N) is 1. The van der Waals surface area contributed by atoms with Crippen LogP contribution in [0.5, 0.6) is 0 Å². The summed E-state index contributed by atoms with van der Waals surface area (Å²) in [5, 5.41) is 0.627. The molecular weight excluding hydrogens is 277 g/mol. The number of hydrogen-bond donors (Lipinski definition) is 2. The third-order valence-electron chi connectivity index (χ3n) is 2.12. The maximum Gasteiger partial charge on any atom is 0.273 e. The Morgan fingerprint density at radius 3 is 2.78 bits per heavy atom. The molecule has 1 aromatic carbocycles. The van der Waals surface area contributed by atoms with Gasteiger partial charge in [0.2, 0.25) is 0 Å². The number of rotatable bonds is 3. The van der Waals surface area contributed by atoms with Gasteiger partial charge < -0.3 is 5.73 Å². The van der Waals surface area contributed by atoms with E-state index in [0.717, 1.165) is 23.5 Å². The maximum absolute atomic E-state index is 13.0. The average molecular weight is 287 g/mol. The number of nitrogens with two attached hydrogens (primary N) is 1. The van der Waals surface area contributed by atoms with Gasteiger partial charge in [-0.1, -0.05) is 0 Å². The van der Waals surface area contributed by atoms with Crippen LogP contribution in [0.15, 0.2) is 28.6 Å². The highest BCUT2D eigenvalue weighted by Gasteiger charge is 2.18. The molecule has 2 rings (SSSR count). The third kappa shape index (κ3) is 2.59. The summed E-state index contributed by atoms with van der Waals surface area (Å²) in [6.45, 7) is 1.69. The van der Waals surface area contributed by atoms with Gasteiger partial charge in [0.15, 0.2) is 4.21 Å². The van der Waals surface area contributed by atoms with Crippen LogP contribution in [0.1, 0.15) is 5.01 Å². The van der Waals surface area contributed by atoms with E-state index in [1.54, 1.807) is 6.92 Å². The van der Waals surface area contributed by atoms with Crippen LogP contribution >= 0.6 is 11.3 Å². The molecule has 18 heavy (non-hydrogen) atoms. The Balaban J connectivity index is 2.36. The van der Waals surface area contributed by atoms with Gasteiger partial charge in [0.05, 0.1) is 22.6 Å². The molecule has 0 radical (unpaired) electrons. The summed E-state index contributed by atoms with van der Waals surface area (Å²) in [5.41, 5.74) is 5.74. The van der Waals surface area contributed by atoms with Crippen molar-refractivity contribution < 1.29 is 12.8 Å². The van der Waals surface area contributed by atoms with Gasteiger partial charge in [-0.2, -0.15) is 0 Å². The Morgan fingerprint density at radius 2 is 2.17 bits per heavy atom. The van der Waals surface area contributed by atoms with Crippen molar-refractivity contribution in [1.82, 2.24) is 4.98 Å². The van der Waals surface area contributed by atoms with E-state index in [2.05, 4.69) is 9.71 Å². The van der Waals surface area contributed by atoms with E-state index in [4.69, 9.17) is 5.73 Å². The lowest BCUT2D eigenvalue weighted by Crippen LogP contribution is -2.13. The van der Waals surface area contributed by atoms with Gasteiger partial charge in [0.1, 0.15) is 5.82 Å². The molecule has 96 valence electrons. The van der Waals surface area contributed by atoms with E-state index in [1.165, 1.54) is 12.3 Å². The summed E-state index contributed by atoms with van der Waals surface area (Å²) in [6, 6.07) is 3.48. The Kier molecular flexibility index (Phi) is 3.22. The Labute approximate surface area is 108 Å². The highest BCUT2D eigenvalue weighted by Crippen LogP contribution is 2.25. The zero-order chi connectivity index (χ0) is 13.3. The van der Waals surface area contributed by atoms with E-state index in [-0.39, 0.29) is 15.6 Å². The van der Waals surface area contributed by atoms with Crippen molar-refractivity contribution in [3.05, 3.63) is 35.2 Å². The first kappa shape index (κ1) is 12.8. The topological polar surface area (TPSA) is 85.1 Å². The summed E-state index contributed by atoms with van der Waals surface area (Å²) >= 11 is 1.03. The number of hydrogen-bond acceptors (Lipinski definition) is 5. The van der Waals surface area contributed by atoms with E-state index < -0.39 is 15.8 Å². The summed E-state index contributed by atoms with van der Waals surface area (Å²) in [6.07, 6.45) is 1.25. The van der Waals surface area contributed by atoms with Gasteiger partial charge in [0, 0.05) is 6.07 Å². The van der Waals surface area contributed by atoms with Gasteiger partial charge in [-0.05, 0) is 19.1 Å². The SMILES string of the molecule is Cc1ncc(S(=O)(=O)Nc2cc(F)ccc2N)s1. The van der Waals surface area contributed by atoms with E-state index in [1.807, 2.05) is 0 Å². The summed E-state index contributed by atoms with van der Waals surface area (Å²) in [5.74, 6) is -0.567. The Morgan fingerprint density at radius 1 is 1.44 bits per heavy atom. The lowest BCUT2D eigenvalue weighted by Gasteiger charge is -2.08. The third-order valence-corrected chi connectivity index (χ3v) is 4.86. The maximum atomic E-state index is 13.0. The second-order valence-electron chi connectivity index (χ2n) is 3.54. The quantitative estimate of drug-likeness (QED) is 0.845. The predicted octanol–water partition coefficient (Wildman–Crippen LogP) is 1.97. The predicted molar refractivity (Wildman–Crippen MR) is 68.5 cm³/mol. The molecule has 1 aromatic heterocycles. The molecule has 0 amide bonds. The number of nitrogen functional groups attached to an aromatic ring is 1. The minimum atomic E-state index is -3.77. The fourth-order valence-electron chi connectivity index (χ4n) is 1.28. The van der Waals surface area contributed by atoms with Crippen LogP contribution in [0.2, 0.25) is 0 Å². The molecular formula is C10H10FN3O2S2. The smallest absolute Gasteiger partial charge is 0.273 e. The minimum Gasteiger partial charge on any atom is -0.397 e. The number of anilines is 2. The summed E-state index contributed by atoms with van der Waals surface area (Å²) < 4.78 is 39.2. The number of benzene rings is 1. The molecule has 1 heterocycles. The molecule has 3 N–H and O–H groups in total. The van der Waals surface area contributed by atoms with Crippen molar-refractivity contribution in [1.29, 1.82) is 0 Å². The molecule has 0 aliphatic rings. The standard InChI is InChI=1S/C10H10FN3O2S2/c1-6-13-5-10(17-6)18(15,16)14-9-4-7(11)2-3-8(9)12/h2-5,14H,12H2,1H3. The fourth-order valence-corrected chi connectivity index (χ4v) is 3.46. The normalized spacial score (nSPS) is 11.4. The molecule has 0 saturated heterocycles. The summed E-state index contributed by atoms with van der Waals surface area (Å²) in [7, 11) is -3.77. The van der Waals surface area contributed by atoms with Crippen LogP contribution in [-0.2, 0) is 10.0 Å². The number of thiazole rings is 1. The lowest BCUT2D eigenvalue weighted by molar-refractivity contribution is 0.603. The molecule has 5 nitrogen and oxygen atoms in total. The average Bonchev–Trinajstić information content (AvgIpc) is 2.71. The second kappa shape index (κ2) is 4.54. The summed E-state index contributed by atoms with van der Waals surface area (Å²) in [4.78, 5) is 3.86. The molecule has 0 aliphatic carbocycles. The van der Waals surface area contributed by atoms with Crippen LogP contribution in [0, 0.1) is 12.7 Å². The zero-order valence-corrected chi connectivity index (χ0v) is 11.0. The van der Waals surface area contributed by atoms with Crippen LogP contribution in [0.3, 0.4) is 0 Å². The van der Waals surface area contributed by atoms with Gasteiger partial charge in [-0.25, -0.2) is 17.8 Å². The fraction of sp³-hybridized carbons (Fsp3) is 0.100. The molecule has 0 saturated carbocycles. The zero-order valence-electron chi connectivity index (χ0n) is 9.34. The molecule has 0 bridgehead atoms. The van der Waals surface area contributed by atoms with Gasteiger partial charge in [-0.3, -0.25) is 4.72 Å². The number of sulfonamides is 1. The number of halogens is 1. The Bertz CT molecular complexity index is 682. The van der Waals surface area contributed by atoms with Gasteiger partial charge in [-0.15, -0.1) is 11.3 Å². The van der Waals surface area contributed by atoms with Crippen molar-refractivity contribution in [3.63, 3.8) is 0 Å². The van der Waals surface area contributed by atoms with Crippen LogP contribution in [-0.4, -0.2) is 13.4 Å². The molecule has 0 fully saturated rings. The van der Waals surface area contributed by atoms with Crippen molar-refractivity contribution in [2.75, 3.05) is 10.5 Å². The van der Waals surface area contributed by atoms with Gasteiger partial charge in [0.25, 0.3) is 10.0 Å². The number of aromatic nitrogens is 1. The molecule has 8 heteroatoms. The molecule has 0 unspecified atom stereocenters. The second-order valence-corrected chi connectivity index (χ2v) is 6.68. The van der Waals surface area contributed by atoms with Crippen LogP contribution < -0.4 is 10.5 Å². The minimum absolute atomic E-state index is 0.0149. The first-order chi connectivity index (χ1) is 8.38. The Hall–Kier alpha value is -1.67. The van der Waals surface area contributed by atoms with E-state index in [9.17, 15) is 12.8 Å². The van der Waals surface area contributed by atoms with Crippen molar-refractivity contribution >= 4 is 32.7 Å². The monoisotopic (exact) mass is 287 g/mol. The molecule has 0 atom stereocenters. The van der Waals surface area contributed by atoms with Gasteiger partial charge >= 0.3 is 0 Å². The molecule has 0 spiro atoms. The number of nitrogens with zero attached hydrogens (tertiary/aromatic N) is 1. The highest BCUT2D eigenvalue weighted by molar-refractivity contribution is 7.94. The first-order valence-electron chi connectivity index (χ1n) is 4.89. The highest BCUT2D eigenvalue weighted by atomic mass is 32.2. The molecule has 0 aliphatic heterocycles. The van der Waals surface area contributed by atoms with Crippen molar-refractivity contribution in [3.8, 4) is 0 Å². The van der Waals surface area contributed by atoms with Crippen molar-refractivity contribution in [2.24, 2.45) is 0 Å². The number of aryl methyl sites for hydroxylation is 1. The largest absolute Gasteiger partial charge is 0.397 e.